The highest BCUT2D eigenvalue weighted by Crippen LogP contribution is 2.27. The first kappa shape index (κ1) is 20.4. The van der Waals surface area contributed by atoms with Gasteiger partial charge >= 0.3 is 0 Å². The molecule has 0 bridgehead atoms. The monoisotopic (exact) mass is 327 g/mol. The fourth-order valence-corrected chi connectivity index (χ4v) is 2.17. The number of carbonyl (C=O) groups is 2. The van der Waals surface area contributed by atoms with Gasteiger partial charge in [-0.25, -0.2) is 0 Å². The van der Waals surface area contributed by atoms with Gasteiger partial charge in [0.2, 0.25) is 5.91 Å². The largest absolute Gasteiger partial charge is 0.345 e. The molecule has 1 aromatic rings. The van der Waals surface area contributed by atoms with E-state index in [0.29, 0.717) is 30.6 Å². The van der Waals surface area contributed by atoms with Gasteiger partial charge in [-0.2, -0.15) is 0 Å². The third kappa shape index (κ3) is 4.45. The third-order valence-corrected chi connectivity index (χ3v) is 4.02. The van der Waals surface area contributed by atoms with Crippen LogP contribution in [-0.4, -0.2) is 37.4 Å². The second kappa shape index (κ2) is 8.76. The van der Waals surface area contributed by atoms with E-state index in [1.54, 1.807) is 38.4 Å². The van der Waals surface area contributed by atoms with Crippen LogP contribution in [0.3, 0.4) is 0 Å². The third-order valence-electron chi connectivity index (χ3n) is 4.02. The van der Waals surface area contributed by atoms with Crippen molar-refractivity contribution >= 4 is 29.9 Å². The predicted molar refractivity (Wildman–Crippen MR) is 92.4 cm³/mol. The molecule has 0 saturated carbocycles. The predicted octanol–water partition coefficient (Wildman–Crippen LogP) is 2.51. The standard InChI is InChI=1S/C16H25N3O2.ClH/c1-5-16(6-2,11-17)15(21)18-13-9-7-12(8-10-13)14(20)19(3)4;/h7-10H,5-6,11,17H2,1-4H3,(H,18,21);1H. The van der Waals surface area contributed by atoms with E-state index in [2.05, 4.69) is 5.32 Å². The van der Waals surface area contributed by atoms with Crippen LogP contribution in [0.25, 0.3) is 0 Å². The van der Waals surface area contributed by atoms with Crippen LogP contribution in [0.4, 0.5) is 5.69 Å². The molecule has 0 heterocycles. The maximum Gasteiger partial charge on any atom is 0.253 e. The van der Waals surface area contributed by atoms with E-state index in [9.17, 15) is 9.59 Å². The maximum atomic E-state index is 12.4. The molecule has 0 fully saturated rings. The zero-order chi connectivity index (χ0) is 16.0. The van der Waals surface area contributed by atoms with Crippen molar-refractivity contribution < 1.29 is 9.59 Å². The minimum absolute atomic E-state index is 0. The molecule has 1 rings (SSSR count). The summed E-state index contributed by atoms with van der Waals surface area (Å²) in [5.41, 5.74) is 6.51. The first-order valence-electron chi connectivity index (χ1n) is 7.23. The highest BCUT2D eigenvalue weighted by atomic mass is 35.5. The summed E-state index contributed by atoms with van der Waals surface area (Å²) in [7, 11) is 3.41. The number of nitrogens with one attached hydrogen (secondary N) is 1. The molecule has 124 valence electrons. The molecule has 0 saturated heterocycles. The van der Waals surface area contributed by atoms with Gasteiger partial charge in [0.25, 0.3) is 5.91 Å². The summed E-state index contributed by atoms with van der Waals surface area (Å²) in [4.78, 5) is 25.7. The Kier molecular flexibility index (Phi) is 8.12. The Balaban J connectivity index is 0.00000441. The highest BCUT2D eigenvalue weighted by Gasteiger charge is 2.33. The van der Waals surface area contributed by atoms with Crippen LogP contribution >= 0.6 is 12.4 Å². The van der Waals surface area contributed by atoms with E-state index in [1.807, 2.05) is 13.8 Å². The Hall–Kier alpha value is -1.59. The van der Waals surface area contributed by atoms with Crippen LogP contribution in [0.5, 0.6) is 0 Å². The lowest BCUT2D eigenvalue weighted by Crippen LogP contribution is -2.41. The summed E-state index contributed by atoms with van der Waals surface area (Å²) < 4.78 is 0. The Morgan fingerprint density at radius 3 is 2.00 bits per heavy atom. The molecule has 0 radical (unpaired) electrons. The van der Waals surface area contributed by atoms with Crippen LogP contribution in [-0.2, 0) is 4.79 Å². The summed E-state index contributed by atoms with van der Waals surface area (Å²) >= 11 is 0. The van der Waals surface area contributed by atoms with Crippen molar-refractivity contribution in [2.75, 3.05) is 26.0 Å². The van der Waals surface area contributed by atoms with Crippen molar-refractivity contribution in [3.05, 3.63) is 29.8 Å². The zero-order valence-corrected chi connectivity index (χ0v) is 14.5. The summed E-state index contributed by atoms with van der Waals surface area (Å²) in [6.45, 7) is 4.26. The molecule has 0 atom stereocenters. The van der Waals surface area contributed by atoms with Crippen molar-refractivity contribution in [2.24, 2.45) is 11.1 Å². The van der Waals surface area contributed by atoms with E-state index < -0.39 is 5.41 Å². The molecule has 3 N–H and O–H groups in total. The minimum Gasteiger partial charge on any atom is -0.345 e. The van der Waals surface area contributed by atoms with E-state index >= 15 is 0 Å². The minimum atomic E-state index is -0.530. The van der Waals surface area contributed by atoms with Gasteiger partial charge in [0.1, 0.15) is 0 Å². The van der Waals surface area contributed by atoms with Crippen LogP contribution in [0, 0.1) is 5.41 Å². The van der Waals surface area contributed by atoms with Crippen LogP contribution in [0.1, 0.15) is 37.0 Å². The molecule has 0 aromatic heterocycles. The first-order chi connectivity index (χ1) is 9.90. The van der Waals surface area contributed by atoms with Crippen molar-refractivity contribution in [1.29, 1.82) is 0 Å². The number of halogens is 1. The Morgan fingerprint density at radius 2 is 1.64 bits per heavy atom. The van der Waals surface area contributed by atoms with E-state index in [0.717, 1.165) is 0 Å². The number of benzene rings is 1. The molecule has 1 aromatic carbocycles. The number of hydrogen-bond donors (Lipinski definition) is 2. The van der Waals surface area contributed by atoms with Gasteiger partial charge in [-0.1, -0.05) is 13.8 Å². The zero-order valence-electron chi connectivity index (χ0n) is 13.7. The fraction of sp³-hybridized carbons (Fsp3) is 0.500. The fourth-order valence-electron chi connectivity index (χ4n) is 2.17. The molecular weight excluding hydrogens is 302 g/mol. The number of rotatable bonds is 6. The SMILES string of the molecule is CCC(CC)(CN)C(=O)Nc1ccc(C(=O)N(C)C)cc1.Cl. The molecule has 22 heavy (non-hydrogen) atoms. The lowest BCUT2D eigenvalue weighted by Gasteiger charge is -2.28. The Bertz CT molecular complexity index is 488. The molecule has 0 aliphatic rings. The average Bonchev–Trinajstić information content (AvgIpc) is 2.49. The summed E-state index contributed by atoms with van der Waals surface area (Å²) in [5, 5.41) is 2.89. The van der Waals surface area contributed by atoms with Gasteiger partial charge in [0.05, 0.1) is 5.41 Å². The summed E-state index contributed by atoms with van der Waals surface area (Å²) in [5.74, 6) is -0.131. The van der Waals surface area contributed by atoms with Crippen LogP contribution in [0.15, 0.2) is 24.3 Å². The molecule has 5 nitrogen and oxygen atoms in total. The maximum absolute atomic E-state index is 12.4. The normalized spacial score (nSPS) is 10.6. The number of nitrogens with zero attached hydrogens (tertiary/aromatic N) is 1. The molecule has 2 amide bonds. The molecule has 0 aliphatic carbocycles. The number of nitrogens with two attached hydrogens (primary N) is 1. The average molecular weight is 328 g/mol. The van der Waals surface area contributed by atoms with Gasteiger partial charge in [0, 0.05) is 31.9 Å². The summed E-state index contributed by atoms with van der Waals surface area (Å²) in [6, 6.07) is 6.89. The number of carbonyl (C=O) groups excluding carboxylic acids is 2. The van der Waals surface area contributed by atoms with Crippen molar-refractivity contribution in [3.8, 4) is 0 Å². The first-order valence-corrected chi connectivity index (χ1v) is 7.23. The molecule has 0 aliphatic heterocycles. The lowest BCUT2D eigenvalue weighted by atomic mass is 9.81. The van der Waals surface area contributed by atoms with Gasteiger partial charge in [-0.3, -0.25) is 9.59 Å². The Morgan fingerprint density at radius 1 is 1.14 bits per heavy atom. The topological polar surface area (TPSA) is 75.4 Å². The van der Waals surface area contributed by atoms with Gasteiger partial charge < -0.3 is 16.0 Å². The van der Waals surface area contributed by atoms with E-state index in [-0.39, 0.29) is 24.2 Å². The van der Waals surface area contributed by atoms with Crippen molar-refractivity contribution in [1.82, 2.24) is 4.90 Å². The number of amides is 2. The van der Waals surface area contributed by atoms with Crippen LogP contribution < -0.4 is 11.1 Å². The van der Waals surface area contributed by atoms with Crippen molar-refractivity contribution in [2.45, 2.75) is 26.7 Å². The second-order valence-corrected chi connectivity index (χ2v) is 5.42. The van der Waals surface area contributed by atoms with Gasteiger partial charge in [0.15, 0.2) is 0 Å². The number of anilines is 1. The second-order valence-electron chi connectivity index (χ2n) is 5.42. The van der Waals surface area contributed by atoms with Crippen molar-refractivity contribution in [3.63, 3.8) is 0 Å². The van der Waals surface area contributed by atoms with E-state index in [4.69, 9.17) is 5.73 Å². The lowest BCUT2D eigenvalue weighted by molar-refractivity contribution is -0.125. The highest BCUT2D eigenvalue weighted by molar-refractivity contribution is 5.97. The van der Waals surface area contributed by atoms with Gasteiger partial charge in [-0.05, 0) is 37.1 Å². The quantitative estimate of drug-likeness (QED) is 0.843. The van der Waals surface area contributed by atoms with Gasteiger partial charge in [-0.15, -0.1) is 12.4 Å². The molecule has 6 heteroatoms. The molecule has 0 spiro atoms. The smallest absolute Gasteiger partial charge is 0.253 e. The van der Waals surface area contributed by atoms with Crippen LogP contribution in [0.2, 0.25) is 0 Å². The number of hydrogen-bond acceptors (Lipinski definition) is 3. The Labute approximate surface area is 138 Å². The molecule has 0 unspecified atom stereocenters. The van der Waals surface area contributed by atoms with E-state index in [1.165, 1.54) is 4.90 Å². The summed E-state index contributed by atoms with van der Waals surface area (Å²) in [6.07, 6.45) is 1.39. The molecular formula is C16H26ClN3O2.